The van der Waals surface area contributed by atoms with Crippen molar-refractivity contribution in [2.45, 2.75) is 185 Å². The smallest absolute Gasteiger partial charge is 0.331 e. The summed E-state index contributed by atoms with van der Waals surface area (Å²) in [6, 6.07) is 0. The highest BCUT2D eigenvalue weighted by molar-refractivity contribution is 5.85. The van der Waals surface area contributed by atoms with Gasteiger partial charge in [-0.05, 0) is 118 Å². The second kappa shape index (κ2) is 17.2. The molecule has 3 saturated carbocycles. The van der Waals surface area contributed by atoms with Crippen molar-refractivity contribution in [1.29, 1.82) is 0 Å². The molecule has 20 atom stereocenters. The third kappa shape index (κ3) is 8.42. The Balaban J connectivity index is 0.990. The van der Waals surface area contributed by atoms with E-state index in [1.54, 1.807) is 26.8 Å². The maximum Gasteiger partial charge on any atom is 0.331 e. The summed E-state index contributed by atoms with van der Waals surface area (Å²) in [5.41, 5.74) is 0.783. The molecule has 0 aromatic carbocycles. The molecule has 14 heteroatoms. The van der Waals surface area contributed by atoms with Crippen molar-refractivity contribution < 1.29 is 68.6 Å². The quantitative estimate of drug-likeness (QED) is 0.119. The molecule has 0 spiro atoms. The molecule has 7 aliphatic rings. The zero-order chi connectivity index (χ0) is 40.1. The third-order valence-electron chi connectivity index (χ3n) is 15.0. The van der Waals surface area contributed by atoms with E-state index in [1.807, 2.05) is 0 Å². The van der Waals surface area contributed by atoms with Gasteiger partial charge in [0.2, 0.25) is 0 Å². The third-order valence-corrected chi connectivity index (χ3v) is 15.0. The number of rotatable bonds is 8. The van der Waals surface area contributed by atoms with Crippen LogP contribution in [0.3, 0.4) is 0 Å². The topological polar surface area (TPSA) is 203 Å². The number of fused-ring (bicyclic) bond motifs is 3. The van der Waals surface area contributed by atoms with Crippen molar-refractivity contribution in [1.82, 2.24) is 0 Å². The Bertz CT molecular complexity index is 1430. The largest absolute Gasteiger partial charge is 0.458 e. The van der Waals surface area contributed by atoms with E-state index in [-0.39, 0.29) is 35.4 Å². The number of hydrogen-bond donors (Lipinski definition) is 6. The van der Waals surface area contributed by atoms with Crippen molar-refractivity contribution in [3.05, 3.63) is 23.8 Å². The van der Waals surface area contributed by atoms with Crippen LogP contribution in [-0.2, 0) is 38.0 Å². The molecule has 9 unspecified atom stereocenters. The summed E-state index contributed by atoms with van der Waals surface area (Å²) in [4.78, 5) is 12.0. The van der Waals surface area contributed by atoms with E-state index >= 15 is 0 Å². The lowest BCUT2D eigenvalue weighted by molar-refractivity contribution is -0.366. The van der Waals surface area contributed by atoms with Crippen molar-refractivity contribution in [2.75, 3.05) is 13.2 Å². The minimum Gasteiger partial charge on any atom is -0.458 e. The molecule has 318 valence electrons. The van der Waals surface area contributed by atoms with Gasteiger partial charge in [-0.3, -0.25) is 0 Å². The van der Waals surface area contributed by atoms with Crippen molar-refractivity contribution in [3.8, 4) is 0 Å². The molecule has 4 heterocycles. The first-order chi connectivity index (χ1) is 26.6. The van der Waals surface area contributed by atoms with Crippen LogP contribution in [0.25, 0.3) is 0 Å². The summed E-state index contributed by atoms with van der Waals surface area (Å²) in [6.07, 6.45) is 0.0372. The second-order valence-electron chi connectivity index (χ2n) is 18.5. The van der Waals surface area contributed by atoms with Gasteiger partial charge in [0, 0.05) is 12.7 Å². The standard InChI is InChI=1S/C42H66O14/c1-21-30(44)11-12-32(51-21)55-37-33(46)22(2)53-40(35(37)48)56-38-34(47)23(3)52-39(36(38)49)54-27-13-16-42(5)26(18-27)10-9-24-7-6-8-28(25-17-31(45)50-19-25)41(4,20-43)15-14-29(24)42/h11-12,17,21-24,26-30,32-40,43-44,46-49H,6-10,13-16,18-20H2,1-5H3/t21-,22?,23?,24+,26+,27-,28+,29?,30-,32+,33?,34?,35-,36-,37-,38-,39?,40?,41?,42?/m0/s1. The Morgan fingerprint density at radius 1 is 0.750 bits per heavy atom. The van der Waals surface area contributed by atoms with E-state index < -0.39 is 79.9 Å². The van der Waals surface area contributed by atoms with Crippen molar-refractivity contribution >= 4 is 5.97 Å². The number of carbonyl (C=O) groups is 1. The molecule has 56 heavy (non-hydrogen) atoms. The van der Waals surface area contributed by atoms with Crippen LogP contribution < -0.4 is 0 Å². The van der Waals surface area contributed by atoms with Gasteiger partial charge in [-0.1, -0.05) is 32.8 Å². The van der Waals surface area contributed by atoms with Gasteiger partial charge in [-0.2, -0.15) is 0 Å². The molecule has 5 fully saturated rings. The number of ether oxygens (including phenoxy) is 7. The zero-order valence-electron chi connectivity index (χ0n) is 33.6. The Hall–Kier alpha value is -1.53. The Kier molecular flexibility index (Phi) is 13.1. The molecule has 3 aliphatic carbocycles. The molecule has 0 bridgehead atoms. The highest BCUT2D eigenvalue weighted by Crippen LogP contribution is 2.60. The highest BCUT2D eigenvalue weighted by Gasteiger charge is 2.54. The van der Waals surface area contributed by atoms with E-state index in [0.29, 0.717) is 24.4 Å². The van der Waals surface area contributed by atoms with Gasteiger partial charge in [0.05, 0.1) is 30.5 Å². The predicted molar refractivity (Wildman–Crippen MR) is 199 cm³/mol. The van der Waals surface area contributed by atoms with Crippen LogP contribution >= 0.6 is 0 Å². The molecule has 0 radical (unpaired) electrons. The summed E-state index contributed by atoms with van der Waals surface area (Å²) in [6.45, 7) is 9.98. The minimum absolute atomic E-state index is 0.0670. The number of hydrogen-bond acceptors (Lipinski definition) is 14. The molecular formula is C42H66O14. The summed E-state index contributed by atoms with van der Waals surface area (Å²) >= 11 is 0. The lowest BCUT2D eigenvalue weighted by Gasteiger charge is -2.56. The Morgan fingerprint density at radius 3 is 2.07 bits per heavy atom. The fourth-order valence-electron chi connectivity index (χ4n) is 11.3. The average molecular weight is 795 g/mol. The van der Waals surface area contributed by atoms with Gasteiger partial charge < -0.3 is 63.8 Å². The first kappa shape index (κ1) is 42.6. The van der Waals surface area contributed by atoms with Crippen LogP contribution in [0.2, 0.25) is 0 Å². The van der Waals surface area contributed by atoms with Gasteiger partial charge in [-0.25, -0.2) is 4.79 Å². The second-order valence-corrected chi connectivity index (χ2v) is 18.5. The van der Waals surface area contributed by atoms with Crippen LogP contribution in [0, 0.1) is 34.5 Å². The highest BCUT2D eigenvalue weighted by atomic mass is 16.7. The van der Waals surface area contributed by atoms with Gasteiger partial charge in [0.1, 0.15) is 43.2 Å². The summed E-state index contributed by atoms with van der Waals surface area (Å²) < 4.78 is 41.5. The fraction of sp³-hybridized carbons (Fsp3) is 0.881. The lowest BCUT2D eigenvalue weighted by Crippen LogP contribution is -2.64. The average Bonchev–Trinajstić information content (AvgIpc) is 3.62. The molecule has 0 aromatic rings. The first-order valence-electron chi connectivity index (χ1n) is 21.1. The number of carbonyl (C=O) groups excluding carboxylic acids is 1. The fourth-order valence-corrected chi connectivity index (χ4v) is 11.3. The van der Waals surface area contributed by atoms with Gasteiger partial charge >= 0.3 is 5.97 Å². The molecule has 14 nitrogen and oxygen atoms in total. The first-order valence-corrected chi connectivity index (χ1v) is 21.1. The van der Waals surface area contributed by atoms with Crippen LogP contribution in [0.1, 0.15) is 98.8 Å². The SMILES string of the molecule is CC1OC(O[C@H]2CCC3(C)C4CCC(C)(CO)[C@@H](C5=CC(=O)OC5)CCC[C@@H]4CC[C@@H]3C2)[C@@H](O)[C@@H](OC2OC(C)C(O)[C@H](O[C@@H]3C=C[C@H](O)[C@H](C)O3)[C@@H]2O)C1O. The molecule has 6 N–H and O–H groups in total. The maximum atomic E-state index is 12.0. The van der Waals surface area contributed by atoms with Crippen molar-refractivity contribution in [2.24, 2.45) is 34.5 Å². The van der Waals surface area contributed by atoms with Crippen LogP contribution in [0.4, 0.5) is 0 Å². The van der Waals surface area contributed by atoms with Gasteiger partial charge in [0.15, 0.2) is 18.9 Å². The normalized spacial score (nSPS) is 51.5. The number of aliphatic hydroxyl groups is 6. The predicted octanol–water partition coefficient (Wildman–Crippen LogP) is 2.63. The van der Waals surface area contributed by atoms with Crippen molar-refractivity contribution in [3.63, 3.8) is 0 Å². The molecule has 7 rings (SSSR count). The summed E-state index contributed by atoms with van der Waals surface area (Å²) in [5, 5.41) is 65.7. The van der Waals surface area contributed by atoms with Crippen LogP contribution in [-0.4, -0.2) is 136 Å². The van der Waals surface area contributed by atoms with E-state index in [0.717, 1.165) is 69.8 Å². The van der Waals surface area contributed by atoms with Crippen LogP contribution in [0.5, 0.6) is 0 Å². The Morgan fingerprint density at radius 2 is 1.43 bits per heavy atom. The lowest BCUT2D eigenvalue weighted by atomic mass is 9.50. The molecule has 0 aromatic heterocycles. The maximum absolute atomic E-state index is 12.0. The van der Waals surface area contributed by atoms with Crippen LogP contribution in [0.15, 0.2) is 23.8 Å². The minimum atomic E-state index is -1.51. The number of cyclic esters (lactones) is 1. The zero-order valence-corrected chi connectivity index (χ0v) is 33.6. The molecule has 4 aliphatic heterocycles. The van der Waals surface area contributed by atoms with Gasteiger partial charge in [0.25, 0.3) is 0 Å². The summed E-state index contributed by atoms with van der Waals surface area (Å²) in [7, 11) is 0. The van der Waals surface area contributed by atoms with E-state index in [1.165, 1.54) is 12.2 Å². The monoisotopic (exact) mass is 794 g/mol. The molecule has 0 amide bonds. The number of esters is 1. The number of aliphatic hydroxyl groups excluding tert-OH is 6. The Labute approximate surface area is 330 Å². The van der Waals surface area contributed by atoms with E-state index in [4.69, 9.17) is 33.2 Å². The van der Waals surface area contributed by atoms with E-state index in [9.17, 15) is 35.4 Å². The van der Waals surface area contributed by atoms with Gasteiger partial charge in [-0.15, -0.1) is 0 Å². The van der Waals surface area contributed by atoms with E-state index in [2.05, 4.69) is 13.8 Å². The summed E-state index contributed by atoms with van der Waals surface area (Å²) in [5.74, 6) is 1.34. The molecule has 2 saturated heterocycles. The molecular weight excluding hydrogens is 728 g/mol.